The van der Waals surface area contributed by atoms with Crippen LogP contribution in [-0.4, -0.2) is 37.1 Å². The molecule has 1 unspecified atom stereocenters. The Balaban J connectivity index is 1.82. The number of nitrogens with one attached hydrogen (secondary N) is 1. The van der Waals surface area contributed by atoms with E-state index in [-0.39, 0.29) is 0 Å². The topological polar surface area (TPSA) is 15.3 Å². The minimum atomic E-state index is 0.889. The first-order chi connectivity index (χ1) is 7.42. The van der Waals surface area contributed by atoms with Crippen LogP contribution in [0.25, 0.3) is 0 Å². The lowest BCUT2D eigenvalue weighted by Gasteiger charge is -2.35. The molecule has 1 heterocycles. The average molecular weight is 210 g/mol. The van der Waals surface area contributed by atoms with E-state index in [1.54, 1.807) is 0 Å². The standard InChI is InChI=1S/C13H26N2/c1-14-10-9-13-8-5-11-15(13)12-6-3-2-4-7-12/h12-14H,2-11H2,1H3. The fraction of sp³-hybridized carbons (Fsp3) is 1.00. The van der Waals surface area contributed by atoms with Gasteiger partial charge in [-0.15, -0.1) is 0 Å². The van der Waals surface area contributed by atoms with Gasteiger partial charge in [0, 0.05) is 12.1 Å². The van der Waals surface area contributed by atoms with Gasteiger partial charge < -0.3 is 5.32 Å². The SMILES string of the molecule is CNCCC1CCCN1C1CCCCC1. The van der Waals surface area contributed by atoms with Crippen LogP contribution in [-0.2, 0) is 0 Å². The molecular weight excluding hydrogens is 184 g/mol. The third-order valence-electron chi connectivity index (χ3n) is 4.19. The van der Waals surface area contributed by atoms with Crippen molar-refractivity contribution in [2.45, 2.75) is 63.5 Å². The van der Waals surface area contributed by atoms with Crippen LogP contribution in [0.15, 0.2) is 0 Å². The zero-order valence-corrected chi connectivity index (χ0v) is 10.2. The van der Waals surface area contributed by atoms with Crippen LogP contribution in [0.2, 0.25) is 0 Å². The van der Waals surface area contributed by atoms with Crippen LogP contribution >= 0.6 is 0 Å². The Morgan fingerprint density at radius 3 is 2.60 bits per heavy atom. The zero-order valence-electron chi connectivity index (χ0n) is 10.2. The van der Waals surface area contributed by atoms with Crippen molar-refractivity contribution in [3.8, 4) is 0 Å². The minimum Gasteiger partial charge on any atom is -0.320 e. The monoisotopic (exact) mass is 210 g/mol. The van der Waals surface area contributed by atoms with Crippen molar-refractivity contribution < 1.29 is 0 Å². The molecular formula is C13H26N2. The second-order valence-electron chi connectivity index (χ2n) is 5.22. The summed E-state index contributed by atoms with van der Waals surface area (Å²) in [5.41, 5.74) is 0. The Morgan fingerprint density at radius 1 is 1.07 bits per heavy atom. The summed E-state index contributed by atoms with van der Waals surface area (Å²) < 4.78 is 0. The van der Waals surface area contributed by atoms with E-state index in [2.05, 4.69) is 17.3 Å². The average Bonchev–Trinajstić information content (AvgIpc) is 2.75. The van der Waals surface area contributed by atoms with Crippen molar-refractivity contribution in [3.05, 3.63) is 0 Å². The Kier molecular flexibility index (Phi) is 4.45. The summed E-state index contributed by atoms with van der Waals surface area (Å²) in [7, 11) is 2.07. The Morgan fingerprint density at radius 2 is 1.87 bits per heavy atom. The molecule has 1 N–H and O–H groups in total. The highest BCUT2D eigenvalue weighted by Crippen LogP contribution is 2.30. The molecule has 15 heavy (non-hydrogen) atoms. The summed E-state index contributed by atoms with van der Waals surface area (Å²) in [6.45, 7) is 2.56. The van der Waals surface area contributed by atoms with Gasteiger partial charge in [0.15, 0.2) is 0 Å². The first-order valence-corrected chi connectivity index (χ1v) is 6.82. The maximum Gasteiger partial charge on any atom is 0.0111 e. The molecule has 2 nitrogen and oxygen atoms in total. The molecule has 2 aliphatic rings. The molecule has 0 aromatic heterocycles. The van der Waals surface area contributed by atoms with Gasteiger partial charge in [0.1, 0.15) is 0 Å². The van der Waals surface area contributed by atoms with E-state index in [4.69, 9.17) is 0 Å². The molecule has 1 aliphatic heterocycles. The number of hydrogen-bond donors (Lipinski definition) is 1. The van der Waals surface area contributed by atoms with E-state index in [0.29, 0.717) is 0 Å². The van der Waals surface area contributed by atoms with Gasteiger partial charge in [-0.1, -0.05) is 19.3 Å². The molecule has 1 atom stereocenters. The van der Waals surface area contributed by atoms with Crippen molar-refractivity contribution >= 4 is 0 Å². The van der Waals surface area contributed by atoms with Gasteiger partial charge in [0.2, 0.25) is 0 Å². The molecule has 1 aliphatic carbocycles. The van der Waals surface area contributed by atoms with Crippen LogP contribution in [0.4, 0.5) is 0 Å². The number of rotatable bonds is 4. The molecule has 0 spiro atoms. The highest BCUT2D eigenvalue weighted by molar-refractivity contribution is 4.86. The van der Waals surface area contributed by atoms with Crippen LogP contribution in [0.3, 0.4) is 0 Å². The normalized spacial score (nSPS) is 29.8. The first-order valence-electron chi connectivity index (χ1n) is 6.82. The number of nitrogens with zero attached hydrogens (tertiary/aromatic N) is 1. The molecule has 0 aromatic carbocycles. The Labute approximate surface area is 94.4 Å². The summed E-state index contributed by atoms with van der Waals surface area (Å²) in [5, 5.41) is 3.29. The quantitative estimate of drug-likeness (QED) is 0.766. The van der Waals surface area contributed by atoms with Gasteiger partial charge in [-0.05, 0) is 52.2 Å². The molecule has 0 amide bonds. The van der Waals surface area contributed by atoms with Crippen LogP contribution in [0, 0.1) is 0 Å². The van der Waals surface area contributed by atoms with E-state index in [9.17, 15) is 0 Å². The highest BCUT2D eigenvalue weighted by Gasteiger charge is 2.30. The summed E-state index contributed by atoms with van der Waals surface area (Å²) in [6.07, 6.45) is 11.6. The van der Waals surface area contributed by atoms with Gasteiger partial charge >= 0.3 is 0 Å². The molecule has 1 saturated carbocycles. The minimum absolute atomic E-state index is 0.889. The van der Waals surface area contributed by atoms with Crippen molar-refractivity contribution in [2.75, 3.05) is 20.1 Å². The predicted molar refractivity (Wildman–Crippen MR) is 65.1 cm³/mol. The molecule has 2 rings (SSSR count). The summed E-state index contributed by atoms with van der Waals surface area (Å²) in [4.78, 5) is 2.83. The van der Waals surface area contributed by atoms with Crippen molar-refractivity contribution in [1.82, 2.24) is 10.2 Å². The van der Waals surface area contributed by atoms with Crippen molar-refractivity contribution in [3.63, 3.8) is 0 Å². The molecule has 0 bridgehead atoms. The molecule has 88 valence electrons. The lowest BCUT2D eigenvalue weighted by Crippen LogP contribution is -2.41. The van der Waals surface area contributed by atoms with Crippen molar-refractivity contribution in [1.29, 1.82) is 0 Å². The number of hydrogen-bond acceptors (Lipinski definition) is 2. The lowest BCUT2D eigenvalue weighted by molar-refractivity contribution is 0.137. The smallest absolute Gasteiger partial charge is 0.0111 e. The second-order valence-corrected chi connectivity index (χ2v) is 5.22. The highest BCUT2D eigenvalue weighted by atomic mass is 15.2. The number of likely N-dealkylation sites (tertiary alicyclic amines) is 1. The van der Waals surface area contributed by atoms with E-state index in [0.717, 1.165) is 12.1 Å². The Bertz CT molecular complexity index is 175. The molecule has 1 saturated heterocycles. The molecule has 0 aromatic rings. The maximum absolute atomic E-state index is 3.29. The molecule has 0 radical (unpaired) electrons. The summed E-state index contributed by atoms with van der Waals surface area (Å²) in [5.74, 6) is 0. The first kappa shape index (κ1) is 11.4. The Hall–Kier alpha value is -0.0800. The predicted octanol–water partition coefficient (Wildman–Crippen LogP) is 2.39. The van der Waals surface area contributed by atoms with Gasteiger partial charge in [-0.25, -0.2) is 0 Å². The maximum atomic E-state index is 3.29. The van der Waals surface area contributed by atoms with E-state index in [1.807, 2.05) is 0 Å². The van der Waals surface area contributed by atoms with E-state index < -0.39 is 0 Å². The zero-order chi connectivity index (χ0) is 10.5. The summed E-state index contributed by atoms with van der Waals surface area (Å²) >= 11 is 0. The van der Waals surface area contributed by atoms with Crippen LogP contribution in [0.5, 0.6) is 0 Å². The third-order valence-corrected chi connectivity index (χ3v) is 4.19. The fourth-order valence-electron chi connectivity index (χ4n) is 3.37. The van der Waals surface area contributed by atoms with Gasteiger partial charge in [-0.2, -0.15) is 0 Å². The second kappa shape index (κ2) is 5.86. The largest absolute Gasteiger partial charge is 0.320 e. The molecule has 2 fully saturated rings. The fourth-order valence-corrected chi connectivity index (χ4v) is 3.37. The van der Waals surface area contributed by atoms with E-state index in [1.165, 1.54) is 64.5 Å². The van der Waals surface area contributed by atoms with Gasteiger partial charge in [0.05, 0.1) is 0 Å². The molecule has 2 heteroatoms. The third kappa shape index (κ3) is 2.94. The van der Waals surface area contributed by atoms with Crippen LogP contribution in [0.1, 0.15) is 51.4 Å². The van der Waals surface area contributed by atoms with Crippen LogP contribution < -0.4 is 5.32 Å². The van der Waals surface area contributed by atoms with E-state index >= 15 is 0 Å². The lowest BCUT2D eigenvalue weighted by atomic mass is 9.93. The summed E-state index contributed by atoms with van der Waals surface area (Å²) in [6, 6.07) is 1.82. The van der Waals surface area contributed by atoms with Crippen molar-refractivity contribution in [2.24, 2.45) is 0 Å². The van der Waals surface area contributed by atoms with Gasteiger partial charge in [-0.3, -0.25) is 4.90 Å². The van der Waals surface area contributed by atoms with Gasteiger partial charge in [0.25, 0.3) is 0 Å².